The van der Waals surface area contributed by atoms with E-state index in [9.17, 15) is 0 Å². The number of rotatable bonds is 3. The first-order chi connectivity index (χ1) is 18.8. The van der Waals surface area contributed by atoms with Gasteiger partial charge in [0.2, 0.25) is 0 Å². The lowest BCUT2D eigenvalue weighted by Gasteiger charge is -2.07. The summed E-state index contributed by atoms with van der Waals surface area (Å²) in [4.78, 5) is 3.63. The van der Waals surface area contributed by atoms with Crippen LogP contribution < -0.4 is 0 Å². The largest absolute Gasteiger partial charge is 0.355 e. The highest BCUT2D eigenvalue weighted by Gasteiger charge is 2.13. The lowest BCUT2D eigenvalue weighted by atomic mass is 9.97. The molecule has 2 heterocycles. The molecule has 0 aliphatic carbocycles. The van der Waals surface area contributed by atoms with E-state index < -0.39 is 0 Å². The van der Waals surface area contributed by atoms with Crippen LogP contribution in [0.5, 0.6) is 0 Å². The van der Waals surface area contributed by atoms with Crippen LogP contribution in [0.4, 0.5) is 0 Å². The minimum absolute atomic E-state index is 1.17. The van der Waals surface area contributed by atoms with Crippen molar-refractivity contribution in [2.75, 3.05) is 0 Å². The maximum Gasteiger partial charge on any atom is 0.0465 e. The van der Waals surface area contributed by atoms with Crippen molar-refractivity contribution in [2.24, 2.45) is 0 Å². The highest BCUT2D eigenvalue weighted by atomic mass is 32.1. The van der Waals surface area contributed by atoms with Crippen molar-refractivity contribution in [2.45, 2.75) is 0 Å². The molecule has 0 fully saturated rings. The number of benzene rings is 6. The van der Waals surface area contributed by atoms with Gasteiger partial charge in [-0.25, -0.2) is 0 Å². The fourth-order valence-corrected chi connectivity index (χ4v) is 6.97. The molecule has 0 unspecified atom stereocenters. The highest BCUT2D eigenvalue weighted by Crippen LogP contribution is 2.41. The fourth-order valence-electron chi connectivity index (χ4n) is 5.73. The topological polar surface area (TPSA) is 15.8 Å². The molecule has 2 aromatic heterocycles. The summed E-state index contributed by atoms with van der Waals surface area (Å²) in [6, 6.07) is 48.4. The summed E-state index contributed by atoms with van der Waals surface area (Å²) in [5, 5.41) is 5.19. The van der Waals surface area contributed by atoms with Gasteiger partial charge in [0.1, 0.15) is 0 Å². The van der Waals surface area contributed by atoms with Gasteiger partial charge in [-0.15, -0.1) is 11.3 Å². The number of hydrogen-bond donors (Lipinski definition) is 1. The van der Waals surface area contributed by atoms with Gasteiger partial charge in [-0.3, -0.25) is 0 Å². The molecule has 2 heteroatoms. The van der Waals surface area contributed by atoms with E-state index in [4.69, 9.17) is 0 Å². The van der Waals surface area contributed by atoms with Gasteiger partial charge in [0.05, 0.1) is 0 Å². The van der Waals surface area contributed by atoms with Gasteiger partial charge in [0.25, 0.3) is 0 Å². The van der Waals surface area contributed by atoms with Crippen LogP contribution in [0.15, 0.2) is 133 Å². The average molecular weight is 502 g/mol. The molecular weight excluding hydrogens is 478 g/mol. The fraction of sp³-hybridized carbons (Fsp3) is 0. The molecule has 0 aliphatic heterocycles. The first-order valence-corrected chi connectivity index (χ1v) is 13.8. The molecule has 38 heavy (non-hydrogen) atoms. The summed E-state index contributed by atoms with van der Waals surface area (Å²) in [5.41, 5.74) is 9.83. The smallest absolute Gasteiger partial charge is 0.0465 e. The van der Waals surface area contributed by atoms with Crippen molar-refractivity contribution in [3.05, 3.63) is 133 Å². The molecule has 0 saturated carbocycles. The second-order valence-corrected chi connectivity index (χ2v) is 10.9. The normalized spacial score (nSPS) is 11.7. The summed E-state index contributed by atoms with van der Waals surface area (Å²) >= 11 is 1.89. The zero-order chi connectivity index (χ0) is 25.1. The Morgan fingerprint density at radius 1 is 0.395 bits per heavy atom. The maximum absolute atomic E-state index is 3.63. The number of thiophene rings is 1. The number of H-pyrrole nitrogens is 1. The molecule has 0 amide bonds. The predicted octanol–water partition coefficient (Wildman–Crippen LogP) is 10.7. The molecule has 0 radical (unpaired) electrons. The molecule has 8 rings (SSSR count). The van der Waals surface area contributed by atoms with Gasteiger partial charge < -0.3 is 4.98 Å². The van der Waals surface area contributed by atoms with Crippen LogP contribution in [-0.2, 0) is 0 Å². The van der Waals surface area contributed by atoms with Crippen molar-refractivity contribution in [3.63, 3.8) is 0 Å². The standard InChI is InChI=1S/C36H23NS/c1-2-8-23(9-3-1)24-10-6-11-25(20-24)26-16-18-33-31(21-26)32-22-27(17-19-34(32)37-33)28-13-7-14-30-29-12-4-5-15-35(29)38-36(28)30/h1-22,37H. The first kappa shape index (κ1) is 21.4. The van der Waals surface area contributed by atoms with Gasteiger partial charge in [-0.2, -0.15) is 0 Å². The van der Waals surface area contributed by atoms with E-state index >= 15 is 0 Å². The number of aromatic nitrogens is 1. The number of hydrogen-bond acceptors (Lipinski definition) is 1. The molecule has 0 saturated heterocycles. The zero-order valence-corrected chi connectivity index (χ0v) is 21.4. The van der Waals surface area contributed by atoms with E-state index in [0.29, 0.717) is 0 Å². The van der Waals surface area contributed by atoms with Crippen LogP contribution >= 0.6 is 11.3 Å². The van der Waals surface area contributed by atoms with Gasteiger partial charge in [0.15, 0.2) is 0 Å². The molecule has 0 spiro atoms. The number of nitrogens with one attached hydrogen (secondary N) is 1. The van der Waals surface area contributed by atoms with Crippen LogP contribution in [0.1, 0.15) is 0 Å². The predicted molar refractivity (Wildman–Crippen MR) is 165 cm³/mol. The van der Waals surface area contributed by atoms with Crippen molar-refractivity contribution in [3.8, 4) is 33.4 Å². The van der Waals surface area contributed by atoms with E-state index in [-0.39, 0.29) is 0 Å². The molecular formula is C36H23NS. The first-order valence-electron chi connectivity index (χ1n) is 12.9. The van der Waals surface area contributed by atoms with E-state index in [1.54, 1.807) is 0 Å². The highest BCUT2D eigenvalue weighted by molar-refractivity contribution is 7.26. The number of aromatic amines is 1. The maximum atomic E-state index is 3.63. The van der Waals surface area contributed by atoms with E-state index in [2.05, 4.69) is 138 Å². The van der Waals surface area contributed by atoms with Gasteiger partial charge in [0, 0.05) is 42.0 Å². The summed E-state index contributed by atoms with van der Waals surface area (Å²) in [5.74, 6) is 0. The van der Waals surface area contributed by atoms with Crippen molar-refractivity contribution in [1.29, 1.82) is 0 Å². The third kappa shape index (κ3) is 3.38. The zero-order valence-electron chi connectivity index (χ0n) is 20.6. The van der Waals surface area contributed by atoms with E-state index in [1.807, 2.05) is 11.3 Å². The van der Waals surface area contributed by atoms with Crippen LogP contribution in [-0.4, -0.2) is 4.98 Å². The molecule has 178 valence electrons. The minimum atomic E-state index is 1.17. The monoisotopic (exact) mass is 501 g/mol. The van der Waals surface area contributed by atoms with Crippen LogP contribution in [0.25, 0.3) is 75.4 Å². The van der Waals surface area contributed by atoms with Crippen molar-refractivity contribution in [1.82, 2.24) is 4.98 Å². The quantitative estimate of drug-likeness (QED) is 0.248. The van der Waals surface area contributed by atoms with E-state index in [1.165, 1.54) is 75.4 Å². The number of fused-ring (bicyclic) bond motifs is 6. The molecule has 1 nitrogen and oxygen atoms in total. The Morgan fingerprint density at radius 3 is 1.84 bits per heavy atom. The Bertz CT molecular complexity index is 2130. The molecule has 0 bridgehead atoms. The second-order valence-electron chi connectivity index (χ2n) is 9.87. The van der Waals surface area contributed by atoms with Crippen molar-refractivity contribution < 1.29 is 0 Å². The Morgan fingerprint density at radius 2 is 1.00 bits per heavy atom. The Balaban J connectivity index is 1.28. The molecule has 0 aliphatic rings. The van der Waals surface area contributed by atoms with Gasteiger partial charge in [-0.1, -0.05) is 97.1 Å². The van der Waals surface area contributed by atoms with Gasteiger partial charge in [-0.05, 0) is 69.8 Å². The Kier molecular flexibility index (Phi) is 4.76. The Labute approximate surface area is 224 Å². The summed E-state index contributed by atoms with van der Waals surface area (Å²) in [7, 11) is 0. The molecule has 6 aromatic carbocycles. The second kappa shape index (κ2) is 8.44. The molecule has 8 aromatic rings. The van der Waals surface area contributed by atoms with Crippen LogP contribution in [0, 0.1) is 0 Å². The Hall–Kier alpha value is -4.66. The van der Waals surface area contributed by atoms with Crippen molar-refractivity contribution >= 4 is 53.3 Å². The summed E-state index contributed by atoms with van der Waals surface area (Å²) in [6.07, 6.45) is 0. The lowest BCUT2D eigenvalue weighted by Crippen LogP contribution is -1.82. The van der Waals surface area contributed by atoms with Gasteiger partial charge >= 0.3 is 0 Å². The lowest BCUT2D eigenvalue weighted by molar-refractivity contribution is 1.54. The van der Waals surface area contributed by atoms with Crippen LogP contribution in [0.3, 0.4) is 0 Å². The average Bonchev–Trinajstić information content (AvgIpc) is 3.55. The van der Waals surface area contributed by atoms with Crippen LogP contribution in [0.2, 0.25) is 0 Å². The third-order valence-corrected chi connectivity index (χ3v) is 8.84. The van der Waals surface area contributed by atoms with E-state index in [0.717, 1.165) is 0 Å². The minimum Gasteiger partial charge on any atom is -0.355 e. The summed E-state index contributed by atoms with van der Waals surface area (Å²) < 4.78 is 2.69. The summed E-state index contributed by atoms with van der Waals surface area (Å²) in [6.45, 7) is 0. The molecule has 1 N–H and O–H groups in total. The SMILES string of the molecule is c1ccc(-c2cccc(-c3ccc4[nH]c5ccc(-c6cccc7c6sc6ccccc67)cc5c4c3)c2)cc1. The molecule has 0 atom stereocenters. The third-order valence-electron chi connectivity index (χ3n) is 7.62.